The van der Waals surface area contributed by atoms with E-state index >= 15 is 0 Å². The molecule has 35 heavy (non-hydrogen) atoms. The number of hydrogen-bond donors (Lipinski definition) is 2. The van der Waals surface area contributed by atoms with Gasteiger partial charge in [0.25, 0.3) is 11.8 Å². The lowest BCUT2D eigenvalue weighted by Gasteiger charge is -2.21. The Morgan fingerprint density at radius 2 is 1.69 bits per heavy atom. The number of hydrogen-bond acceptors (Lipinski definition) is 4. The summed E-state index contributed by atoms with van der Waals surface area (Å²) >= 11 is 8.82. The SMILES string of the molecule is CCCCCCOc1ccc(C(=O)NC(=S)Nc2cccc(C(=O)N(CCC)CCC)c2)cc1Br. The highest BCUT2D eigenvalue weighted by molar-refractivity contribution is 9.10. The van der Waals surface area contributed by atoms with Crippen molar-refractivity contribution in [3.05, 3.63) is 58.1 Å². The number of anilines is 1. The maximum atomic E-state index is 12.9. The predicted octanol–water partition coefficient (Wildman–Crippen LogP) is 6.80. The van der Waals surface area contributed by atoms with Gasteiger partial charge in [-0.15, -0.1) is 0 Å². The third-order valence-corrected chi connectivity index (χ3v) is 6.14. The number of amides is 2. The van der Waals surface area contributed by atoms with Gasteiger partial charge < -0.3 is 15.0 Å². The molecule has 190 valence electrons. The van der Waals surface area contributed by atoms with Crippen molar-refractivity contribution in [3.8, 4) is 5.75 Å². The van der Waals surface area contributed by atoms with Gasteiger partial charge in [0.15, 0.2) is 5.11 Å². The number of benzene rings is 2. The molecule has 2 rings (SSSR count). The second-order valence-electron chi connectivity index (χ2n) is 8.34. The van der Waals surface area contributed by atoms with E-state index in [1.165, 1.54) is 12.8 Å². The Hall–Kier alpha value is -2.45. The average molecular weight is 563 g/mol. The summed E-state index contributed by atoms with van der Waals surface area (Å²) in [7, 11) is 0. The Kier molecular flexibility index (Phi) is 12.8. The first-order valence-corrected chi connectivity index (χ1v) is 13.5. The van der Waals surface area contributed by atoms with Crippen molar-refractivity contribution in [1.29, 1.82) is 0 Å². The number of carbonyl (C=O) groups excluding carboxylic acids is 2. The lowest BCUT2D eigenvalue weighted by atomic mass is 10.1. The van der Waals surface area contributed by atoms with Gasteiger partial charge in [-0.25, -0.2) is 0 Å². The minimum atomic E-state index is -0.331. The molecule has 6 nitrogen and oxygen atoms in total. The number of unbranched alkanes of at least 4 members (excludes halogenated alkanes) is 3. The van der Waals surface area contributed by atoms with Crippen LogP contribution in [0.25, 0.3) is 0 Å². The minimum Gasteiger partial charge on any atom is -0.492 e. The van der Waals surface area contributed by atoms with Crippen LogP contribution in [0.15, 0.2) is 46.9 Å². The third kappa shape index (κ3) is 9.61. The second-order valence-corrected chi connectivity index (χ2v) is 9.60. The van der Waals surface area contributed by atoms with Crippen LogP contribution in [-0.2, 0) is 0 Å². The average Bonchev–Trinajstić information content (AvgIpc) is 2.84. The molecule has 0 aliphatic carbocycles. The highest BCUT2D eigenvalue weighted by Crippen LogP contribution is 2.26. The summed E-state index contributed by atoms with van der Waals surface area (Å²) in [6, 6.07) is 12.4. The van der Waals surface area contributed by atoms with Gasteiger partial charge in [-0.3, -0.25) is 14.9 Å². The van der Waals surface area contributed by atoms with Gasteiger partial charge in [0.05, 0.1) is 11.1 Å². The van der Waals surface area contributed by atoms with Gasteiger partial charge in [-0.2, -0.15) is 0 Å². The number of nitrogens with one attached hydrogen (secondary N) is 2. The van der Waals surface area contributed by atoms with Crippen molar-refractivity contribution in [2.24, 2.45) is 0 Å². The first-order valence-electron chi connectivity index (χ1n) is 12.3. The van der Waals surface area contributed by atoms with Crippen LogP contribution >= 0.6 is 28.1 Å². The summed E-state index contributed by atoms with van der Waals surface area (Å²) in [5.74, 6) is 0.368. The fraction of sp³-hybridized carbons (Fsp3) is 0.444. The van der Waals surface area contributed by atoms with E-state index < -0.39 is 0 Å². The van der Waals surface area contributed by atoms with Crippen LogP contribution < -0.4 is 15.4 Å². The molecule has 8 heteroatoms. The maximum Gasteiger partial charge on any atom is 0.257 e. The Bertz CT molecular complexity index is 993. The van der Waals surface area contributed by atoms with Gasteiger partial charge in [-0.05, 0) is 83.8 Å². The van der Waals surface area contributed by atoms with Crippen LogP contribution in [0.2, 0.25) is 0 Å². The highest BCUT2D eigenvalue weighted by Gasteiger charge is 2.15. The van der Waals surface area contributed by atoms with Gasteiger partial charge in [0.1, 0.15) is 5.75 Å². The van der Waals surface area contributed by atoms with Gasteiger partial charge >= 0.3 is 0 Å². The third-order valence-electron chi connectivity index (χ3n) is 5.32. The molecule has 0 aliphatic rings. The normalized spacial score (nSPS) is 10.5. The van der Waals surface area contributed by atoms with Crippen LogP contribution in [0.3, 0.4) is 0 Å². The first kappa shape index (κ1) is 28.8. The topological polar surface area (TPSA) is 70.7 Å². The molecule has 2 aromatic rings. The van der Waals surface area contributed by atoms with Gasteiger partial charge in [0.2, 0.25) is 0 Å². The summed E-state index contributed by atoms with van der Waals surface area (Å²) < 4.78 is 6.53. The highest BCUT2D eigenvalue weighted by atomic mass is 79.9. The number of thiocarbonyl (C=S) groups is 1. The predicted molar refractivity (Wildman–Crippen MR) is 150 cm³/mol. The molecule has 0 radical (unpaired) electrons. The van der Waals surface area contributed by atoms with Crippen molar-refractivity contribution < 1.29 is 14.3 Å². The maximum absolute atomic E-state index is 12.9. The van der Waals surface area contributed by atoms with E-state index in [0.29, 0.717) is 29.2 Å². The summed E-state index contributed by atoms with van der Waals surface area (Å²) in [5.41, 5.74) is 1.68. The zero-order valence-corrected chi connectivity index (χ0v) is 23.3. The first-order chi connectivity index (χ1) is 16.9. The van der Waals surface area contributed by atoms with Crippen molar-refractivity contribution >= 4 is 50.8 Å². The van der Waals surface area contributed by atoms with E-state index in [1.54, 1.807) is 36.4 Å². The van der Waals surface area contributed by atoms with E-state index in [-0.39, 0.29) is 16.9 Å². The van der Waals surface area contributed by atoms with Crippen LogP contribution in [0.5, 0.6) is 5.75 Å². The van der Waals surface area contributed by atoms with Gasteiger partial charge in [0, 0.05) is 29.9 Å². The number of nitrogens with zero attached hydrogens (tertiary/aromatic N) is 1. The molecule has 0 saturated carbocycles. The standard InChI is InChI=1S/C27H36BrN3O3S/c1-4-7-8-9-17-34-24-14-13-20(19-23(24)28)25(32)30-27(35)29-22-12-10-11-21(18-22)26(33)31(15-5-2)16-6-3/h10-14,18-19H,4-9,15-17H2,1-3H3,(H2,29,30,32,35). The van der Waals surface area contributed by atoms with E-state index in [0.717, 1.165) is 43.2 Å². The smallest absolute Gasteiger partial charge is 0.257 e. The summed E-state index contributed by atoms with van der Waals surface area (Å²) in [6.45, 7) is 8.38. The Morgan fingerprint density at radius 1 is 0.943 bits per heavy atom. The summed E-state index contributed by atoms with van der Waals surface area (Å²) in [6.07, 6.45) is 6.35. The molecule has 0 aromatic heterocycles. The number of rotatable bonds is 13. The van der Waals surface area contributed by atoms with Crippen molar-refractivity contribution in [2.45, 2.75) is 59.3 Å². The molecule has 0 fully saturated rings. The van der Waals surface area contributed by atoms with E-state index in [4.69, 9.17) is 17.0 Å². The summed E-state index contributed by atoms with van der Waals surface area (Å²) in [4.78, 5) is 27.4. The van der Waals surface area contributed by atoms with E-state index in [9.17, 15) is 9.59 Å². The number of halogens is 1. The molecule has 2 N–H and O–H groups in total. The summed E-state index contributed by atoms with van der Waals surface area (Å²) in [5, 5.41) is 5.86. The molecule has 0 bridgehead atoms. The zero-order valence-electron chi connectivity index (χ0n) is 20.9. The fourth-order valence-electron chi connectivity index (χ4n) is 3.58. The minimum absolute atomic E-state index is 0.00942. The fourth-order valence-corrected chi connectivity index (χ4v) is 4.28. The molecule has 0 unspecified atom stereocenters. The molecule has 0 atom stereocenters. The van der Waals surface area contributed by atoms with E-state index in [1.807, 2.05) is 11.0 Å². The molecule has 2 amide bonds. The van der Waals surface area contributed by atoms with E-state index in [2.05, 4.69) is 47.3 Å². The lowest BCUT2D eigenvalue weighted by Crippen LogP contribution is -2.34. The number of ether oxygens (including phenoxy) is 1. The van der Waals surface area contributed by atoms with Crippen molar-refractivity contribution in [3.63, 3.8) is 0 Å². The van der Waals surface area contributed by atoms with Gasteiger partial charge in [-0.1, -0.05) is 46.1 Å². The van der Waals surface area contributed by atoms with Crippen molar-refractivity contribution in [2.75, 3.05) is 25.0 Å². The molecule has 0 heterocycles. The molecular weight excluding hydrogens is 526 g/mol. The second kappa shape index (κ2) is 15.5. The largest absolute Gasteiger partial charge is 0.492 e. The van der Waals surface area contributed by atoms with Crippen LogP contribution in [0, 0.1) is 0 Å². The molecule has 0 spiro atoms. The quantitative estimate of drug-likeness (QED) is 0.208. The molecule has 2 aromatic carbocycles. The molecule has 0 aliphatic heterocycles. The molecule has 0 saturated heterocycles. The van der Waals surface area contributed by atoms with Crippen LogP contribution in [-0.4, -0.2) is 41.5 Å². The lowest BCUT2D eigenvalue weighted by molar-refractivity contribution is 0.0755. The Balaban J connectivity index is 1.95. The van der Waals surface area contributed by atoms with Crippen LogP contribution in [0.4, 0.5) is 5.69 Å². The zero-order chi connectivity index (χ0) is 25.6. The van der Waals surface area contributed by atoms with Crippen molar-refractivity contribution in [1.82, 2.24) is 10.2 Å². The van der Waals surface area contributed by atoms with Crippen LogP contribution in [0.1, 0.15) is 80.0 Å². The number of carbonyl (C=O) groups is 2. The Labute approximate surface area is 222 Å². The monoisotopic (exact) mass is 561 g/mol. The molecular formula is C27H36BrN3O3S. The Morgan fingerprint density at radius 3 is 2.34 bits per heavy atom.